The first-order valence-electron chi connectivity index (χ1n) is 9.60. The number of hydrogen-bond donors (Lipinski definition) is 1. The van der Waals surface area contributed by atoms with Crippen molar-refractivity contribution in [3.63, 3.8) is 0 Å². The number of carbonyl (C=O) groups is 2. The van der Waals surface area contributed by atoms with E-state index in [2.05, 4.69) is 10.1 Å². The molecule has 0 saturated heterocycles. The maximum absolute atomic E-state index is 12.6. The van der Waals surface area contributed by atoms with E-state index >= 15 is 0 Å². The van der Waals surface area contributed by atoms with Gasteiger partial charge in [0, 0.05) is 23.2 Å². The summed E-state index contributed by atoms with van der Waals surface area (Å²) >= 11 is 0. The number of ether oxygens (including phenoxy) is 1. The van der Waals surface area contributed by atoms with Gasteiger partial charge in [-0.25, -0.2) is 0 Å². The fourth-order valence-electron chi connectivity index (χ4n) is 3.49. The number of carbonyl (C=O) groups excluding carboxylic acids is 2. The van der Waals surface area contributed by atoms with Crippen LogP contribution in [0.1, 0.15) is 37.4 Å². The largest absolute Gasteiger partial charge is 0.411 e. The van der Waals surface area contributed by atoms with Crippen LogP contribution in [0.3, 0.4) is 0 Å². The van der Waals surface area contributed by atoms with Gasteiger partial charge in [0.05, 0.1) is 6.61 Å². The Balaban J connectivity index is 1.36. The predicted octanol–water partition coefficient (Wildman–Crippen LogP) is 4.91. The van der Waals surface area contributed by atoms with Crippen molar-refractivity contribution in [2.45, 2.75) is 19.3 Å². The van der Waals surface area contributed by atoms with Gasteiger partial charge in [-0.3, -0.25) is 9.59 Å². The van der Waals surface area contributed by atoms with Crippen molar-refractivity contribution < 1.29 is 27.5 Å². The highest BCUT2D eigenvalue weighted by molar-refractivity contribution is 6.22. The summed E-state index contributed by atoms with van der Waals surface area (Å²) in [6, 6.07) is 19.2. The van der Waals surface area contributed by atoms with Gasteiger partial charge in [-0.1, -0.05) is 54.6 Å². The first-order valence-corrected chi connectivity index (χ1v) is 9.60. The van der Waals surface area contributed by atoms with E-state index in [0.29, 0.717) is 22.3 Å². The molecule has 0 unspecified atom stereocenters. The summed E-state index contributed by atoms with van der Waals surface area (Å²) in [5, 5.41) is 2.79. The Morgan fingerprint density at radius 1 is 0.839 bits per heavy atom. The number of rotatable bonds is 6. The van der Waals surface area contributed by atoms with Crippen molar-refractivity contribution in [1.29, 1.82) is 0 Å². The van der Waals surface area contributed by atoms with Crippen LogP contribution in [-0.2, 0) is 17.9 Å². The van der Waals surface area contributed by atoms with Gasteiger partial charge in [0.25, 0.3) is 5.91 Å². The fourth-order valence-corrected chi connectivity index (χ4v) is 3.49. The molecule has 1 aliphatic rings. The van der Waals surface area contributed by atoms with Crippen LogP contribution in [0, 0.1) is 0 Å². The zero-order chi connectivity index (χ0) is 22.0. The molecule has 0 heterocycles. The lowest BCUT2D eigenvalue weighted by atomic mass is 10.0. The molecule has 0 aliphatic heterocycles. The highest BCUT2D eigenvalue weighted by atomic mass is 19.4. The van der Waals surface area contributed by atoms with Crippen LogP contribution >= 0.6 is 0 Å². The summed E-state index contributed by atoms with van der Waals surface area (Å²) in [6.07, 6.45) is -4.35. The first-order chi connectivity index (χ1) is 14.8. The standard InChI is InChI=1S/C24H18F3NO3/c25-24(26,27)14-31-13-16-7-5-15(6-8-16)12-28-23(30)17-9-10-19-18-3-1-2-4-20(18)22(29)21(19)11-17/h1-11H,12-14H2,(H,28,30). The highest BCUT2D eigenvalue weighted by Gasteiger charge is 2.28. The number of halogens is 3. The van der Waals surface area contributed by atoms with E-state index in [1.165, 1.54) is 0 Å². The summed E-state index contributed by atoms with van der Waals surface area (Å²) < 4.78 is 41.0. The lowest BCUT2D eigenvalue weighted by molar-refractivity contribution is -0.176. The minimum absolute atomic E-state index is 0.0939. The van der Waals surface area contributed by atoms with Crippen molar-refractivity contribution in [2.75, 3.05) is 6.61 Å². The number of hydrogen-bond acceptors (Lipinski definition) is 3. The third kappa shape index (κ3) is 4.67. The Kier molecular flexibility index (Phi) is 5.61. The Morgan fingerprint density at radius 2 is 1.48 bits per heavy atom. The SMILES string of the molecule is O=C(NCc1ccc(COCC(F)(F)F)cc1)c1ccc2c(c1)C(=O)c1ccccc1-2. The molecule has 0 atom stereocenters. The van der Waals surface area contributed by atoms with Gasteiger partial charge in [0.1, 0.15) is 6.61 Å². The molecular weight excluding hydrogens is 407 g/mol. The zero-order valence-electron chi connectivity index (χ0n) is 16.3. The molecule has 0 radical (unpaired) electrons. The normalized spacial score (nSPS) is 12.4. The van der Waals surface area contributed by atoms with Crippen LogP contribution in [0.25, 0.3) is 11.1 Å². The molecule has 0 bridgehead atoms. The molecule has 0 fully saturated rings. The van der Waals surface area contributed by atoms with E-state index in [4.69, 9.17) is 0 Å². The summed E-state index contributed by atoms with van der Waals surface area (Å²) in [5.74, 6) is -0.410. The van der Waals surface area contributed by atoms with E-state index in [1.54, 1.807) is 48.5 Å². The lowest BCUT2D eigenvalue weighted by Gasteiger charge is -2.09. The van der Waals surface area contributed by atoms with Gasteiger partial charge in [0.15, 0.2) is 5.78 Å². The smallest absolute Gasteiger partial charge is 0.367 e. The van der Waals surface area contributed by atoms with E-state index in [1.807, 2.05) is 18.2 Å². The second-order valence-corrected chi connectivity index (χ2v) is 7.24. The topological polar surface area (TPSA) is 55.4 Å². The van der Waals surface area contributed by atoms with Crippen molar-refractivity contribution in [1.82, 2.24) is 5.32 Å². The maximum atomic E-state index is 12.6. The van der Waals surface area contributed by atoms with Crippen molar-refractivity contribution in [2.24, 2.45) is 0 Å². The monoisotopic (exact) mass is 425 g/mol. The predicted molar refractivity (Wildman–Crippen MR) is 109 cm³/mol. The minimum Gasteiger partial charge on any atom is -0.367 e. The van der Waals surface area contributed by atoms with Gasteiger partial charge in [0.2, 0.25) is 0 Å². The Labute approximate surface area is 176 Å². The lowest BCUT2D eigenvalue weighted by Crippen LogP contribution is -2.23. The van der Waals surface area contributed by atoms with Gasteiger partial charge in [-0.05, 0) is 34.4 Å². The molecule has 1 aliphatic carbocycles. The summed E-state index contributed by atoms with van der Waals surface area (Å²) in [4.78, 5) is 25.2. The van der Waals surface area contributed by atoms with Gasteiger partial charge in [-0.15, -0.1) is 0 Å². The van der Waals surface area contributed by atoms with Crippen molar-refractivity contribution in [3.05, 3.63) is 94.5 Å². The van der Waals surface area contributed by atoms with Gasteiger partial charge >= 0.3 is 6.18 Å². The molecule has 1 amide bonds. The summed E-state index contributed by atoms with van der Waals surface area (Å²) in [7, 11) is 0. The molecule has 0 saturated carbocycles. The molecule has 3 aromatic rings. The summed E-state index contributed by atoms with van der Waals surface area (Å²) in [5.41, 5.74) is 4.62. The van der Waals surface area contributed by atoms with Crippen LogP contribution in [0.4, 0.5) is 13.2 Å². The van der Waals surface area contributed by atoms with Crippen LogP contribution < -0.4 is 5.32 Å². The quantitative estimate of drug-likeness (QED) is 0.478. The molecule has 0 spiro atoms. The highest BCUT2D eigenvalue weighted by Crippen LogP contribution is 2.36. The third-order valence-electron chi connectivity index (χ3n) is 5.00. The zero-order valence-corrected chi connectivity index (χ0v) is 16.3. The Bertz CT molecular complexity index is 1140. The van der Waals surface area contributed by atoms with Crippen molar-refractivity contribution in [3.8, 4) is 11.1 Å². The number of nitrogens with one attached hydrogen (secondary N) is 1. The van der Waals surface area contributed by atoms with E-state index in [-0.39, 0.29) is 24.8 Å². The molecule has 4 rings (SSSR count). The summed E-state index contributed by atoms with van der Waals surface area (Å²) in [6.45, 7) is -1.19. The first kappa shape index (κ1) is 20.8. The van der Waals surface area contributed by atoms with E-state index < -0.39 is 12.8 Å². The number of amides is 1. The molecule has 3 aromatic carbocycles. The average Bonchev–Trinajstić information content (AvgIpc) is 3.04. The van der Waals surface area contributed by atoms with Crippen LogP contribution in [-0.4, -0.2) is 24.5 Å². The number of alkyl halides is 3. The van der Waals surface area contributed by atoms with E-state index in [0.717, 1.165) is 16.7 Å². The second kappa shape index (κ2) is 8.35. The molecule has 1 N–H and O–H groups in total. The molecule has 0 aromatic heterocycles. The minimum atomic E-state index is -4.35. The van der Waals surface area contributed by atoms with E-state index in [9.17, 15) is 22.8 Å². The van der Waals surface area contributed by atoms with Crippen LogP contribution in [0.15, 0.2) is 66.7 Å². The molecule has 31 heavy (non-hydrogen) atoms. The Hall–Kier alpha value is -3.45. The molecule has 7 heteroatoms. The van der Waals surface area contributed by atoms with Crippen molar-refractivity contribution >= 4 is 11.7 Å². The van der Waals surface area contributed by atoms with Crippen LogP contribution in [0.5, 0.6) is 0 Å². The number of fused-ring (bicyclic) bond motifs is 3. The van der Waals surface area contributed by atoms with Gasteiger partial charge in [-0.2, -0.15) is 13.2 Å². The average molecular weight is 425 g/mol. The molecule has 158 valence electrons. The molecule has 4 nitrogen and oxygen atoms in total. The molecular formula is C24H18F3NO3. The Morgan fingerprint density at radius 3 is 2.19 bits per heavy atom. The fraction of sp³-hybridized carbons (Fsp3) is 0.167. The number of benzene rings is 3. The van der Waals surface area contributed by atoms with Gasteiger partial charge < -0.3 is 10.1 Å². The third-order valence-corrected chi connectivity index (χ3v) is 5.00. The number of ketones is 1. The maximum Gasteiger partial charge on any atom is 0.411 e. The second-order valence-electron chi connectivity index (χ2n) is 7.24. The van der Waals surface area contributed by atoms with Crippen LogP contribution in [0.2, 0.25) is 0 Å².